The van der Waals surface area contributed by atoms with E-state index in [9.17, 15) is 9.90 Å². The second-order valence-corrected chi connectivity index (χ2v) is 6.35. The molecule has 1 aliphatic rings. The third kappa shape index (κ3) is 3.19. The first kappa shape index (κ1) is 14.6. The zero-order chi connectivity index (χ0) is 14.0. The van der Waals surface area contributed by atoms with Crippen LogP contribution in [-0.2, 0) is 9.53 Å². The van der Waals surface area contributed by atoms with E-state index in [4.69, 9.17) is 4.74 Å². The second kappa shape index (κ2) is 6.07. The molecule has 104 valence electrons. The van der Waals surface area contributed by atoms with Gasteiger partial charge < -0.3 is 9.84 Å². The lowest BCUT2D eigenvalue weighted by Crippen LogP contribution is -2.50. The number of rotatable bonds is 3. The van der Waals surface area contributed by atoms with Gasteiger partial charge in [0.2, 0.25) is 0 Å². The van der Waals surface area contributed by atoms with Crippen LogP contribution in [0.1, 0.15) is 20.8 Å². The number of benzene rings is 1. The van der Waals surface area contributed by atoms with Crippen LogP contribution in [0.5, 0.6) is 0 Å². The van der Waals surface area contributed by atoms with Gasteiger partial charge in [0.05, 0.1) is 6.10 Å². The van der Waals surface area contributed by atoms with Gasteiger partial charge in [-0.1, -0.05) is 43.8 Å². The van der Waals surface area contributed by atoms with Crippen LogP contribution in [0, 0.1) is 11.8 Å². The monoisotopic (exact) mass is 280 g/mol. The quantitative estimate of drug-likeness (QED) is 0.925. The molecule has 3 nitrogen and oxygen atoms in total. The molecule has 0 aromatic heterocycles. The summed E-state index contributed by atoms with van der Waals surface area (Å²) in [6, 6.07) is 9.81. The molecule has 0 radical (unpaired) electrons. The first-order chi connectivity index (χ1) is 9.00. The Hall–Kier alpha value is -0.840. The van der Waals surface area contributed by atoms with Crippen LogP contribution in [0.3, 0.4) is 0 Å². The summed E-state index contributed by atoms with van der Waals surface area (Å²) in [4.78, 5) is 12.7. The van der Waals surface area contributed by atoms with E-state index in [0.29, 0.717) is 0 Å². The Balaban J connectivity index is 2.13. The number of hydrogen-bond acceptors (Lipinski definition) is 4. The normalized spacial score (nSPS) is 35.1. The SMILES string of the molecule is CC(=O)C1OC(Sc2ccccc2)C(O)C(C)C1C. The fourth-order valence-electron chi connectivity index (χ4n) is 2.38. The molecule has 2 rings (SSSR count). The molecule has 19 heavy (non-hydrogen) atoms. The first-order valence-corrected chi connectivity index (χ1v) is 7.44. The zero-order valence-corrected chi connectivity index (χ0v) is 12.3. The Morgan fingerprint density at radius 3 is 2.42 bits per heavy atom. The summed E-state index contributed by atoms with van der Waals surface area (Å²) >= 11 is 1.48. The maximum atomic E-state index is 11.6. The van der Waals surface area contributed by atoms with Gasteiger partial charge in [-0.15, -0.1) is 0 Å². The van der Waals surface area contributed by atoms with E-state index in [0.717, 1.165) is 4.90 Å². The summed E-state index contributed by atoms with van der Waals surface area (Å²) in [6.07, 6.45) is -0.976. The molecule has 1 fully saturated rings. The number of ketones is 1. The number of carbonyl (C=O) groups excluding carboxylic acids is 1. The van der Waals surface area contributed by atoms with Gasteiger partial charge in [-0.05, 0) is 30.9 Å². The number of thioether (sulfide) groups is 1. The summed E-state index contributed by atoms with van der Waals surface area (Å²) in [7, 11) is 0. The van der Waals surface area contributed by atoms with Crippen molar-refractivity contribution in [3.05, 3.63) is 30.3 Å². The van der Waals surface area contributed by atoms with Gasteiger partial charge >= 0.3 is 0 Å². The zero-order valence-electron chi connectivity index (χ0n) is 11.4. The van der Waals surface area contributed by atoms with Gasteiger partial charge in [0, 0.05) is 4.90 Å². The van der Waals surface area contributed by atoms with Gasteiger partial charge in [0.15, 0.2) is 5.78 Å². The van der Waals surface area contributed by atoms with Crippen LogP contribution in [-0.4, -0.2) is 28.5 Å². The van der Waals surface area contributed by atoms with E-state index in [1.54, 1.807) is 6.92 Å². The average molecular weight is 280 g/mol. The highest BCUT2D eigenvalue weighted by atomic mass is 32.2. The van der Waals surface area contributed by atoms with Crippen LogP contribution >= 0.6 is 11.8 Å². The molecule has 5 unspecified atom stereocenters. The Labute approximate surface area is 118 Å². The van der Waals surface area contributed by atoms with Crippen molar-refractivity contribution in [2.45, 2.75) is 43.3 Å². The second-order valence-electron chi connectivity index (χ2n) is 5.18. The van der Waals surface area contributed by atoms with E-state index in [1.807, 2.05) is 44.2 Å². The molecular weight excluding hydrogens is 260 g/mol. The summed E-state index contributed by atoms with van der Waals surface area (Å²) in [5.74, 6) is 0.119. The molecule has 1 aromatic carbocycles. The molecule has 0 amide bonds. The molecule has 4 heteroatoms. The van der Waals surface area contributed by atoms with E-state index < -0.39 is 12.2 Å². The highest BCUT2D eigenvalue weighted by Gasteiger charge is 2.42. The maximum Gasteiger partial charge on any atom is 0.158 e. The minimum Gasteiger partial charge on any atom is -0.389 e. The summed E-state index contributed by atoms with van der Waals surface area (Å²) in [5, 5.41) is 10.3. The smallest absolute Gasteiger partial charge is 0.158 e. The van der Waals surface area contributed by atoms with Crippen LogP contribution in [0.4, 0.5) is 0 Å². The standard InChI is InChI=1S/C15H20O3S/c1-9-10(2)14(11(3)16)18-15(13(9)17)19-12-7-5-4-6-8-12/h4-10,13-15,17H,1-3H3. The number of aliphatic hydroxyl groups excluding tert-OH is 1. The summed E-state index contributed by atoms with van der Waals surface area (Å²) in [6.45, 7) is 5.49. The number of aliphatic hydroxyl groups is 1. The fourth-order valence-corrected chi connectivity index (χ4v) is 3.53. The molecule has 0 aliphatic carbocycles. The van der Waals surface area contributed by atoms with Crippen LogP contribution in [0.2, 0.25) is 0 Å². The molecule has 1 aliphatic heterocycles. The predicted octanol–water partition coefficient (Wildman–Crippen LogP) is 2.73. The minimum atomic E-state index is -0.559. The Kier molecular flexibility index (Phi) is 4.66. The van der Waals surface area contributed by atoms with Gasteiger partial charge in [-0.25, -0.2) is 0 Å². The average Bonchev–Trinajstić information content (AvgIpc) is 2.40. The van der Waals surface area contributed by atoms with Crippen molar-refractivity contribution in [2.75, 3.05) is 0 Å². The van der Waals surface area contributed by atoms with Crippen LogP contribution in [0.25, 0.3) is 0 Å². The lowest BCUT2D eigenvalue weighted by atomic mass is 9.83. The highest BCUT2D eigenvalue weighted by Crippen LogP contribution is 2.38. The van der Waals surface area contributed by atoms with Crippen molar-refractivity contribution in [2.24, 2.45) is 11.8 Å². The van der Waals surface area contributed by atoms with Crippen LogP contribution in [0.15, 0.2) is 35.2 Å². The number of carbonyl (C=O) groups is 1. The first-order valence-electron chi connectivity index (χ1n) is 6.56. The summed E-state index contributed by atoms with van der Waals surface area (Å²) in [5.41, 5.74) is -0.387. The molecular formula is C15H20O3S. The summed E-state index contributed by atoms with van der Waals surface area (Å²) < 4.78 is 5.81. The lowest BCUT2D eigenvalue weighted by Gasteiger charge is -2.41. The highest BCUT2D eigenvalue weighted by molar-refractivity contribution is 7.99. The molecule has 1 heterocycles. The third-order valence-corrected chi connectivity index (χ3v) is 4.97. The Morgan fingerprint density at radius 1 is 1.21 bits per heavy atom. The van der Waals surface area contributed by atoms with Crippen LogP contribution < -0.4 is 0 Å². The van der Waals surface area contributed by atoms with Crippen molar-refractivity contribution in [1.29, 1.82) is 0 Å². The van der Waals surface area contributed by atoms with Gasteiger partial charge in [0.25, 0.3) is 0 Å². The fraction of sp³-hybridized carbons (Fsp3) is 0.533. The van der Waals surface area contributed by atoms with E-state index in [1.165, 1.54) is 11.8 Å². The topological polar surface area (TPSA) is 46.5 Å². The van der Waals surface area contributed by atoms with Crippen molar-refractivity contribution in [3.8, 4) is 0 Å². The van der Waals surface area contributed by atoms with E-state index in [2.05, 4.69) is 0 Å². The van der Waals surface area contributed by atoms with E-state index >= 15 is 0 Å². The number of hydrogen-bond donors (Lipinski definition) is 1. The van der Waals surface area contributed by atoms with Crippen molar-refractivity contribution >= 4 is 17.5 Å². The van der Waals surface area contributed by atoms with Gasteiger partial charge in [0.1, 0.15) is 11.5 Å². The molecule has 1 saturated heterocycles. The lowest BCUT2D eigenvalue weighted by molar-refractivity contribution is -0.157. The number of ether oxygens (including phenoxy) is 1. The third-order valence-electron chi connectivity index (χ3n) is 3.80. The molecule has 1 N–H and O–H groups in total. The number of Topliss-reactive ketones (excluding diaryl/α,β-unsaturated/α-hetero) is 1. The van der Waals surface area contributed by atoms with Gasteiger partial charge in [-0.2, -0.15) is 0 Å². The molecule has 0 spiro atoms. The largest absolute Gasteiger partial charge is 0.389 e. The molecule has 0 saturated carbocycles. The molecule has 0 bridgehead atoms. The molecule has 5 atom stereocenters. The molecule has 1 aromatic rings. The van der Waals surface area contributed by atoms with Gasteiger partial charge in [-0.3, -0.25) is 4.79 Å². The predicted molar refractivity (Wildman–Crippen MR) is 76.0 cm³/mol. The van der Waals surface area contributed by atoms with E-state index in [-0.39, 0.29) is 23.1 Å². The van der Waals surface area contributed by atoms with Crippen molar-refractivity contribution in [3.63, 3.8) is 0 Å². The Bertz CT molecular complexity index is 434. The Morgan fingerprint density at radius 2 is 1.84 bits per heavy atom. The maximum absolute atomic E-state index is 11.6. The minimum absolute atomic E-state index is 0.0323. The van der Waals surface area contributed by atoms with Crippen molar-refractivity contribution in [1.82, 2.24) is 0 Å². The van der Waals surface area contributed by atoms with Crippen molar-refractivity contribution < 1.29 is 14.6 Å².